The van der Waals surface area contributed by atoms with Crippen molar-refractivity contribution in [1.82, 2.24) is 9.38 Å². The zero-order chi connectivity index (χ0) is 13.5. The molecular weight excluding hydrogens is 228 g/mol. The van der Waals surface area contributed by atoms with Crippen LogP contribution in [0.2, 0.25) is 0 Å². The average Bonchev–Trinajstić information content (AvgIpc) is 2.60. The van der Waals surface area contributed by atoms with Gasteiger partial charge in [-0.3, -0.25) is 4.79 Å². The number of hydrogen-bond donors (Lipinski definition) is 1. The predicted octanol–water partition coefficient (Wildman–Crippen LogP) is 2.57. The van der Waals surface area contributed by atoms with Crippen LogP contribution in [0.5, 0.6) is 0 Å². The monoisotopic (exact) mass is 246 g/mol. The van der Waals surface area contributed by atoms with Gasteiger partial charge in [-0.05, 0) is 18.4 Å². The summed E-state index contributed by atoms with van der Waals surface area (Å²) in [5.74, 6) is -0.836. The van der Waals surface area contributed by atoms with Crippen LogP contribution >= 0.6 is 0 Å². The molecule has 0 aliphatic carbocycles. The van der Waals surface area contributed by atoms with Gasteiger partial charge in [0.2, 0.25) is 0 Å². The van der Waals surface area contributed by atoms with Gasteiger partial charge in [0.25, 0.3) is 0 Å². The number of rotatable bonds is 2. The number of aromatic nitrogens is 2. The van der Waals surface area contributed by atoms with Crippen LogP contribution in [0.4, 0.5) is 0 Å². The van der Waals surface area contributed by atoms with Gasteiger partial charge in [0, 0.05) is 17.5 Å². The summed E-state index contributed by atoms with van der Waals surface area (Å²) in [6, 6.07) is 4.09. The van der Waals surface area contributed by atoms with Crippen molar-refractivity contribution in [3.05, 3.63) is 35.3 Å². The Bertz CT molecular complexity index is 606. The lowest BCUT2D eigenvalue weighted by Crippen LogP contribution is -2.14. The molecule has 2 rings (SSSR count). The lowest BCUT2D eigenvalue weighted by molar-refractivity contribution is -0.136. The first-order valence-electron chi connectivity index (χ1n) is 5.99. The Morgan fingerprint density at radius 3 is 2.61 bits per heavy atom. The predicted molar refractivity (Wildman–Crippen MR) is 70.0 cm³/mol. The Labute approximate surface area is 106 Å². The molecule has 96 valence electrons. The van der Waals surface area contributed by atoms with E-state index in [-0.39, 0.29) is 11.8 Å². The van der Waals surface area contributed by atoms with E-state index < -0.39 is 5.97 Å². The van der Waals surface area contributed by atoms with Gasteiger partial charge in [-0.25, -0.2) is 4.98 Å². The van der Waals surface area contributed by atoms with Crippen molar-refractivity contribution in [3.8, 4) is 0 Å². The number of carboxylic acids is 1. The molecule has 0 atom stereocenters. The fourth-order valence-corrected chi connectivity index (χ4v) is 2.19. The van der Waals surface area contributed by atoms with E-state index in [1.54, 1.807) is 6.20 Å². The van der Waals surface area contributed by atoms with Crippen molar-refractivity contribution in [1.29, 1.82) is 0 Å². The minimum absolute atomic E-state index is 0.00436. The summed E-state index contributed by atoms with van der Waals surface area (Å²) in [7, 11) is 0. The lowest BCUT2D eigenvalue weighted by atomic mass is 9.87. The van der Waals surface area contributed by atoms with Crippen LogP contribution in [0.1, 0.15) is 37.7 Å². The van der Waals surface area contributed by atoms with Crippen molar-refractivity contribution >= 4 is 11.6 Å². The Morgan fingerprint density at radius 2 is 2.06 bits per heavy atom. The fourth-order valence-electron chi connectivity index (χ4n) is 2.19. The van der Waals surface area contributed by atoms with E-state index in [2.05, 4.69) is 31.8 Å². The number of carbonyl (C=O) groups is 1. The van der Waals surface area contributed by atoms with Crippen LogP contribution < -0.4 is 0 Å². The molecule has 2 aromatic heterocycles. The van der Waals surface area contributed by atoms with Gasteiger partial charge in [0.1, 0.15) is 5.65 Å². The Balaban J connectivity index is 2.71. The van der Waals surface area contributed by atoms with Crippen LogP contribution in [0, 0.1) is 6.92 Å². The normalized spacial score (nSPS) is 12.0. The number of carboxylic acid groups (broad SMARTS) is 1. The molecule has 0 radical (unpaired) electrons. The topological polar surface area (TPSA) is 54.6 Å². The van der Waals surface area contributed by atoms with E-state index in [1.165, 1.54) is 0 Å². The molecule has 0 fully saturated rings. The SMILES string of the molecule is Cc1ccc(C(C)(C)C)c2ncc(CC(=O)O)n12. The molecular formula is C14H18N2O2. The molecule has 4 nitrogen and oxygen atoms in total. The van der Waals surface area contributed by atoms with Gasteiger partial charge in [-0.15, -0.1) is 0 Å². The molecule has 0 aliphatic rings. The highest BCUT2D eigenvalue weighted by Gasteiger charge is 2.20. The van der Waals surface area contributed by atoms with Gasteiger partial charge in [-0.1, -0.05) is 26.8 Å². The molecule has 0 spiro atoms. The molecule has 0 amide bonds. The standard InChI is InChI=1S/C14H18N2O2/c1-9-5-6-11(14(2,3)4)13-15-8-10(16(9)13)7-12(17)18/h5-6,8H,7H2,1-4H3,(H,17,18). The van der Waals surface area contributed by atoms with E-state index >= 15 is 0 Å². The molecule has 0 aromatic carbocycles. The zero-order valence-electron chi connectivity index (χ0n) is 11.2. The summed E-state index contributed by atoms with van der Waals surface area (Å²) in [6.07, 6.45) is 1.65. The third-order valence-electron chi connectivity index (χ3n) is 3.06. The highest BCUT2D eigenvalue weighted by molar-refractivity contribution is 5.70. The number of aryl methyl sites for hydroxylation is 1. The van der Waals surface area contributed by atoms with Crippen LogP contribution in [-0.2, 0) is 16.6 Å². The average molecular weight is 246 g/mol. The molecule has 18 heavy (non-hydrogen) atoms. The molecule has 0 bridgehead atoms. The fraction of sp³-hybridized carbons (Fsp3) is 0.429. The highest BCUT2D eigenvalue weighted by atomic mass is 16.4. The van der Waals surface area contributed by atoms with Crippen LogP contribution in [0.3, 0.4) is 0 Å². The third kappa shape index (κ3) is 2.10. The molecule has 2 aromatic rings. The number of hydrogen-bond acceptors (Lipinski definition) is 2. The third-order valence-corrected chi connectivity index (χ3v) is 3.06. The van der Waals surface area contributed by atoms with Crippen molar-refractivity contribution in [2.24, 2.45) is 0 Å². The second-order valence-electron chi connectivity index (χ2n) is 5.62. The maximum absolute atomic E-state index is 10.9. The minimum atomic E-state index is -0.836. The highest BCUT2D eigenvalue weighted by Crippen LogP contribution is 2.27. The summed E-state index contributed by atoms with van der Waals surface area (Å²) in [5, 5.41) is 8.92. The van der Waals surface area contributed by atoms with E-state index in [4.69, 9.17) is 5.11 Å². The van der Waals surface area contributed by atoms with Crippen LogP contribution in [0.25, 0.3) is 5.65 Å². The van der Waals surface area contributed by atoms with Gasteiger partial charge in [-0.2, -0.15) is 0 Å². The van der Waals surface area contributed by atoms with Crippen LogP contribution in [-0.4, -0.2) is 20.5 Å². The van der Waals surface area contributed by atoms with Gasteiger partial charge in [0.05, 0.1) is 12.1 Å². The van der Waals surface area contributed by atoms with E-state index in [0.717, 1.165) is 22.6 Å². The van der Waals surface area contributed by atoms with Crippen molar-refractivity contribution in [2.75, 3.05) is 0 Å². The maximum Gasteiger partial charge on any atom is 0.309 e. The summed E-state index contributed by atoms with van der Waals surface area (Å²) in [4.78, 5) is 15.3. The first-order valence-corrected chi connectivity index (χ1v) is 5.99. The molecule has 2 heterocycles. The lowest BCUT2D eigenvalue weighted by Gasteiger charge is -2.20. The van der Waals surface area contributed by atoms with Crippen molar-refractivity contribution in [2.45, 2.75) is 39.5 Å². The Kier molecular flexibility index (Phi) is 2.89. The first-order chi connectivity index (χ1) is 8.30. The number of aliphatic carboxylic acids is 1. The molecule has 1 N–H and O–H groups in total. The van der Waals surface area contributed by atoms with Crippen LogP contribution in [0.15, 0.2) is 18.3 Å². The maximum atomic E-state index is 10.9. The number of nitrogens with zero attached hydrogens (tertiary/aromatic N) is 2. The molecule has 0 saturated heterocycles. The van der Waals surface area contributed by atoms with Crippen molar-refractivity contribution < 1.29 is 9.90 Å². The van der Waals surface area contributed by atoms with E-state index in [0.29, 0.717) is 0 Å². The van der Waals surface area contributed by atoms with Crippen molar-refractivity contribution in [3.63, 3.8) is 0 Å². The Hall–Kier alpha value is -1.84. The molecule has 0 unspecified atom stereocenters. The smallest absolute Gasteiger partial charge is 0.309 e. The molecule has 4 heteroatoms. The summed E-state index contributed by atoms with van der Waals surface area (Å²) >= 11 is 0. The zero-order valence-corrected chi connectivity index (χ0v) is 11.2. The number of pyridine rings is 1. The van der Waals surface area contributed by atoms with Gasteiger partial charge < -0.3 is 9.51 Å². The second kappa shape index (κ2) is 4.12. The summed E-state index contributed by atoms with van der Waals surface area (Å²) < 4.78 is 1.94. The largest absolute Gasteiger partial charge is 0.481 e. The molecule has 0 aliphatic heterocycles. The minimum Gasteiger partial charge on any atom is -0.481 e. The molecule has 0 saturated carbocycles. The quantitative estimate of drug-likeness (QED) is 0.886. The second-order valence-corrected chi connectivity index (χ2v) is 5.62. The first kappa shape index (κ1) is 12.6. The van der Waals surface area contributed by atoms with Gasteiger partial charge in [0.15, 0.2) is 0 Å². The summed E-state index contributed by atoms with van der Waals surface area (Å²) in [5.41, 5.74) is 3.71. The Morgan fingerprint density at radius 1 is 1.39 bits per heavy atom. The number of fused-ring (bicyclic) bond motifs is 1. The van der Waals surface area contributed by atoms with Gasteiger partial charge >= 0.3 is 5.97 Å². The van der Waals surface area contributed by atoms with E-state index in [1.807, 2.05) is 17.4 Å². The van der Waals surface area contributed by atoms with E-state index in [9.17, 15) is 4.79 Å². The summed E-state index contributed by atoms with van der Waals surface area (Å²) in [6.45, 7) is 8.35. The number of imidazole rings is 1.